The van der Waals surface area contributed by atoms with Gasteiger partial charge in [-0.25, -0.2) is 23.9 Å². The first-order valence-electron chi connectivity index (χ1n) is 12.4. The predicted molar refractivity (Wildman–Crippen MR) is 141 cm³/mol. The van der Waals surface area contributed by atoms with Crippen molar-refractivity contribution in [1.82, 2.24) is 44.3 Å². The number of alkyl halides is 3. The molecule has 13 nitrogen and oxygen atoms in total. The predicted octanol–water partition coefficient (Wildman–Crippen LogP) is 1.75. The molecule has 41 heavy (non-hydrogen) atoms. The van der Waals surface area contributed by atoms with E-state index in [0.717, 1.165) is 9.25 Å². The number of hydrogen-bond acceptors (Lipinski definition) is 8. The zero-order chi connectivity index (χ0) is 29.1. The summed E-state index contributed by atoms with van der Waals surface area (Å²) in [5.41, 5.74) is 0.661. The maximum Gasteiger partial charge on any atom is 0.416 e. The molecule has 0 radical (unpaired) electrons. The molecule has 1 aliphatic rings. The molecule has 4 aromatic rings. The first-order valence-corrected chi connectivity index (χ1v) is 12.8. The summed E-state index contributed by atoms with van der Waals surface area (Å²) in [5, 5.41) is 24.7. The summed E-state index contributed by atoms with van der Waals surface area (Å²) in [5.74, 6) is 0.0687. The fraction of sp³-hybridized carbons (Fsp3) is 0.333. The fourth-order valence-corrected chi connectivity index (χ4v) is 4.31. The average molecular weight is 593 g/mol. The van der Waals surface area contributed by atoms with Gasteiger partial charge in [0.2, 0.25) is 0 Å². The summed E-state index contributed by atoms with van der Waals surface area (Å²) in [6, 6.07) is 7.64. The summed E-state index contributed by atoms with van der Waals surface area (Å²) in [6.45, 7) is 0.879. The van der Waals surface area contributed by atoms with E-state index in [9.17, 15) is 27.9 Å². The van der Waals surface area contributed by atoms with Crippen LogP contribution in [-0.2, 0) is 13.1 Å². The number of carbonyl (C=O) groups is 1. The normalized spacial score (nSPS) is 14.4. The number of hydrogen-bond donors (Lipinski definition) is 3. The number of nitrogens with one attached hydrogen (secondary N) is 2. The molecule has 17 heteroatoms. The van der Waals surface area contributed by atoms with E-state index < -0.39 is 24.5 Å². The van der Waals surface area contributed by atoms with Crippen molar-refractivity contribution in [3.8, 4) is 17.1 Å². The Balaban J connectivity index is 1.37. The Morgan fingerprint density at radius 3 is 2.63 bits per heavy atom. The lowest BCUT2D eigenvalue weighted by atomic mass is 10.2. The molecular weight excluding hydrogens is 569 g/mol. The third-order valence-electron chi connectivity index (χ3n) is 6.28. The van der Waals surface area contributed by atoms with Crippen LogP contribution in [0.2, 0.25) is 5.02 Å². The van der Waals surface area contributed by atoms with Gasteiger partial charge in [0.25, 0.3) is 0 Å². The monoisotopic (exact) mass is 592 g/mol. The Hall–Kier alpha value is -4.44. The minimum absolute atomic E-state index is 0.0835. The van der Waals surface area contributed by atoms with Crippen LogP contribution in [0, 0.1) is 0 Å². The number of aliphatic hydroxyl groups excluding tert-OH is 1. The number of aromatic nitrogens is 7. The van der Waals surface area contributed by atoms with Gasteiger partial charge in [-0.05, 0) is 30.3 Å². The number of amides is 2. The zero-order valence-electron chi connectivity index (χ0n) is 21.3. The third-order valence-corrected chi connectivity index (χ3v) is 6.53. The summed E-state index contributed by atoms with van der Waals surface area (Å²) in [6.07, 6.45) is -3.16. The van der Waals surface area contributed by atoms with Crippen LogP contribution in [0.25, 0.3) is 17.1 Å². The van der Waals surface area contributed by atoms with Crippen molar-refractivity contribution < 1.29 is 23.1 Å². The minimum Gasteiger partial charge on any atom is -0.382 e. The first-order chi connectivity index (χ1) is 19.6. The van der Waals surface area contributed by atoms with Crippen LogP contribution >= 0.6 is 11.6 Å². The molecule has 1 aromatic carbocycles. The van der Waals surface area contributed by atoms with Gasteiger partial charge >= 0.3 is 17.9 Å². The van der Waals surface area contributed by atoms with Gasteiger partial charge < -0.3 is 20.6 Å². The Bertz CT molecular complexity index is 1580. The van der Waals surface area contributed by atoms with E-state index in [1.54, 1.807) is 23.4 Å². The molecule has 1 saturated heterocycles. The lowest BCUT2D eigenvalue weighted by molar-refractivity contribution is -0.207. The highest BCUT2D eigenvalue weighted by molar-refractivity contribution is 6.30. The first kappa shape index (κ1) is 28.1. The molecule has 3 N–H and O–H groups in total. The van der Waals surface area contributed by atoms with Crippen LogP contribution < -0.4 is 16.3 Å². The molecule has 3 aromatic heterocycles. The number of carbonyl (C=O) groups excluding carboxylic acids is 1. The van der Waals surface area contributed by atoms with Crippen molar-refractivity contribution in [3.05, 3.63) is 70.4 Å². The highest BCUT2D eigenvalue weighted by Gasteiger charge is 2.39. The third kappa shape index (κ3) is 6.33. The van der Waals surface area contributed by atoms with E-state index in [0.29, 0.717) is 48.1 Å². The fourth-order valence-electron chi connectivity index (χ4n) is 4.19. The smallest absolute Gasteiger partial charge is 0.382 e. The molecule has 1 fully saturated rings. The quantitative estimate of drug-likeness (QED) is 0.252. The van der Waals surface area contributed by atoms with Crippen molar-refractivity contribution >= 4 is 23.3 Å². The topological polar surface area (TPSA) is 148 Å². The number of halogens is 4. The number of anilines is 1. The highest BCUT2D eigenvalue weighted by Crippen LogP contribution is 2.24. The summed E-state index contributed by atoms with van der Waals surface area (Å²) in [4.78, 5) is 34.9. The molecule has 216 valence electrons. The minimum atomic E-state index is -4.94. The van der Waals surface area contributed by atoms with E-state index in [1.165, 1.54) is 35.3 Å². The highest BCUT2D eigenvalue weighted by atomic mass is 35.5. The number of pyridine rings is 1. The second kappa shape index (κ2) is 11.6. The number of benzene rings is 1. The van der Waals surface area contributed by atoms with Crippen molar-refractivity contribution in [3.63, 3.8) is 0 Å². The summed E-state index contributed by atoms with van der Waals surface area (Å²) in [7, 11) is 0. The van der Waals surface area contributed by atoms with Crippen LogP contribution in [-0.4, -0.2) is 88.6 Å². The number of nitrogens with zero attached hydrogens (tertiary/aromatic N) is 8. The van der Waals surface area contributed by atoms with Gasteiger partial charge in [0.05, 0.1) is 18.4 Å². The van der Waals surface area contributed by atoms with Crippen molar-refractivity contribution in [1.29, 1.82) is 0 Å². The van der Waals surface area contributed by atoms with Gasteiger partial charge in [-0.3, -0.25) is 9.55 Å². The van der Waals surface area contributed by atoms with E-state index in [-0.39, 0.29) is 24.2 Å². The van der Waals surface area contributed by atoms with Crippen LogP contribution in [0.15, 0.2) is 53.8 Å². The maximum absolute atomic E-state index is 13.1. The lowest BCUT2D eigenvalue weighted by Gasteiger charge is -2.16. The van der Waals surface area contributed by atoms with Gasteiger partial charge in [-0.1, -0.05) is 11.6 Å². The standard InChI is InChI=1S/C24H24ClF3N10O3/c25-16-3-1-15(2-4-16)21-34-37(23(41)36(21)12-19(39)24(26,27)28)13-20-32-14-38(33-20)18-11-29-6-5-17(18)30-7-9-35-10-8-31-22(35)40/h1-6,11,14,19,39H,7-10,12-13H2,(H,29,30)(H,31,40)/t19-/m0/s1. The summed E-state index contributed by atoms with van der Waals surface area (Å²) < 4.78 is 42.5. The van der Waals surface area contributed by atoms with Crippen molar-refractivity contribution in [2.75, 3.05) is 31.5 Å². The van der Waals surface area contributed by atoms with E-state index in [4.69, 9.17) is 11.6 Å². The van der Waals surface area contributed by atoms with E-state index >= 15 is 0 Å². The lowest BCUT2D eigenvalue weighted by Crippen LogP contribution is -2.37. The van der Waals surface area contributed by atoms with Crippen LogP contribution in [0.1, 0.15) is 5.82 Å². The van der Waals surface area contributed by atoms with Crippen LogP contribution in [0.5, 0.6) is 0 Å². The summed E-state index contributed by atoms with van der Waals surface area (Å²) >= 11 is 5.93. The van der Waals surface area contributed by atoms with Crippen LogP contribution in [0.3, 0.4) is 0 Å². The molecule has 0 unspecified atom stereocenters. The zero-order valence-corrected chi connectivity index (χ0v) is 22.0. The molecule has 0 aliphatic carbocycles. The maximum atomic E-state index is 13.1. The second-order valence-corrected chi connectivity index (χ2v) is 9.52. The van der Waals surface area contributed by atoms with Crippen molar-refractivity contribution in [2.24, 2.45) is 0 Å². The molecular formula is C24H24ClF3N10O3. The van der Waals surface area contributed by atoms with Crippen LogP contribution in [0.4, 0.5) is 23.7 Å². The molecule has 5 rings (SSSR count). The Morgan fingerprint density at radius 2 is 1.93 bits per heavy atom. The van der Waals surface area contributed by atoms with Gasteiger partial charge in [-0.2, -0.15) is 13.2 Å². The number of urea groups is 1. The van der Waals surface area contributed by atoms with Gasteiger partial charge in [0.15, 0.2) is 17.8 Å². The number of rotatable bonds is 10. The van der Waals surface area contributed by atoms with Gasteiger partial charge in [0, 0.05) is 43.0 Å². The molecule has 0 saturated carbocycles. The molecule has 1 atom stereocenters. The van der Waals surface area contributed by atoms with Crippen molar-refractivity contribution in [2.45, 2.75) is 25.4 Å². The molecule has 1 aliphatic heterocycles. The SMILES string of the molecule is O=C1NCCN1CCNc1ccncc1-n1cnc(Cn2nc(-c3ccc(Cl)cc3)n(C[C@H](O)C(F)(F)F)c2=O)n1. The largest absolute Gasteiger partial charge is 0.416 e. The average Bonchev–Trinajstić information content (AvgIpc) is 3.65. The molecule has 0 spiro atoms. The second-order valence-electron chi connectivity index (χ2n) is 9.08. The number of aliphatic hydroxyl groups is 1. The Morgan fingerprint density at radius 1 is 1.15 bits per heavy atom. The Labute approximate surface area is 235 Å². The Kier molecular flexibility index (Phi) is 7.94. The molecule has 2 amide bonds. The van der Waals surface area contributed by atoms with E-state index in [1.807, 2.05) is 0 Å². The molecule has 0 bridgehead atoms. The molecule has 4 heterocycles. The van der Waals surface area contributed by atoms with E-state index in [2.05, 4.69) is 30.8 Å². The van der Waals surface area contributed by atoms with Gasteiger partial charge in [0.1, 0.15) is 18.6 Å². The van der Waals surface area contributed by atoms with Gasteiger partial charge in [-0.15, -0.1) is 10.2 Å².